The molecule has 0 aliphatic carbocycles. The molecule has 1 saturated heterocycles. The van der Waals surface area contributed by atoms with Crippen LogP contribution in [0.2, 0.25) is 0 Å². The Bertz CT molecular complexity index is 961. The van der Waals surface area contributed by atoms with E-state index >= 15 is 0 Å². The van der Waals surface area contributed by atoms with Gasteiger partial charge >= 0.3 is 0 Å². The van der Waals surface area contributed by atoms with E-state index in [-0.39, 0.29) is 11.7 Å². The molecule has 2 aromatic rings. The zero-order chi connectivity index (χ0) is 21.6. The molecule has 0 spiro atoms. The highest BCUT2D eigenvalue weighted by Gasteiger charge is 2.21. The molecule has 8 heteroatoms. The Morgan fingerprint density at radius 1 is 1.07 bits per heavy atom. The molecule has 1 N–H and O–H groups in total. The Morgan fingerprint density at radius 3 is 2.53 bits per heavy atom. The largest absolute Gasteiger partial charge is 0.497 e. The van der Waals surface area contributed by atoms with Crippen LogP contribution < -0.4 is 14.4 Å². The van der Waals surface area contributed by atoms with Gasteiger partial charge in [-0.05, 0) is 55.3 Å². The van der Waals surface area contributed by atoms with Gasteiger partial charge in [0.05, 0.1) is 12.9 Å². The fraction of sp³-hybridized carbons (Fsp3) is 0.409. The molecule has 7 nitrogen and oxygen atoms in total. The van der Waals surface area contributed by atoms with E-state index in [0.29, 0.717) is 30.8 Å². The van der Waals surface area contributed by atoms with Crippen LogP contribution in [0, 0.1) is 0 Å². The van der Waals surface area contributed by atoms with Crippen LogP contribution in [0.1, 0.15) is 30.1 Å². The standard InChI is InChI=1S/C22H29N3O4S/c1-3-16-30(27,28)23-19-7-4-6-18(17-19)22(26)25-13-5-12-24(14-15-25)20-8-10-21(29-2)11-9-20/h4,6-11,17,23H,3,5,12-16H2,1-2H3. The minimum atomic E-state index is -3.39. The van der Waals surface area contributed by atoms with Crippen molar-refractivity contribution in [3.63, 3.8) is 0 Å². The Labute approximate surface area is 178 Å². The van der Waals surface area contributed by atoms with Crippen molar-refractivity contribution in [3.05, 3.63) is 54.1 Å². The summed E-state index contributed by atoms with van der Waals surface area (Å²) in [5, 5.41) is 0. The number of benzene rings is 2. The predicted octanol–water partition coefficient (Wildman–Crippen LogP) is 3.20. The summed E-state index contributed by atoms with van der Waals surface area (Å²) in [6, 6.07) is 14.6. The first-order valence-electron chi connectivity index (χ1n) is 10.2. The molecule has 30 heavy (non-hydrogen) atoms. The van der Waals surface area contributed by atoms with Crippen LogP contribution in [-0.2, 0) is 10.0 Å². The highest BCUT2D eigenvalue weighted by atomic mass is 32.2. The first kappa shape index (κ1) is 22.0. The molecular weight excluding hydrogens is 402 g/mol. The van der Waals surface area contributed by atoms with Gasteiger partial charge in [-0.2, -0.15) is 0 Å². The maximum atomic E-state index is 13.0. The van der Waals surface area contributed by atoms with E-state index in [9.17, 15) is 13.2 Å². The summed E-state index contributed by atoms with van der Waals surface area (Å²) in [6.07, 6.45) is 1.40. The van der Waals surface area contributed by atoms with E-state index in [1.807, 2.05) is 36.1 Å². The molecule has 0 radical (unpaired) electrons. The first-order valence-corrected chi connectivity index (χ1v) is 11.9. The van der Waals surface area contributed by atoms with Crippen molar-refractivity contribution in [2.45, 2.75) is 19.8 Å². The quantitative estimate of drug-likeness (QED) is 0.728. The molecule has 162 valence electrons. The third-order valence-corrected chi connectivity index (χ3v) is 6.57. The third-order valence-electron chi connectivity index (χ3n) is 5.08. The van der Waals surface area contributed by atoms with Gasteiger partial charge in [0.15, 0.2) is 0 Å². The monoisotopic (exact) mass is 431 g/mol. The van der Waals surface area contributed by atoms with Crippen LogP contribution >= 0.6 is 0 Å². The van der Waals surface area contributed by atoms with Gasteiger partial charge < -0.3 is 14.5 Å². The smallest absolute Gasteiger partial charge is 0.253 e. The van der Waals surface area contributed by atoms with Gasteiger partial charge in [-0.15, -0.1) is 0 Å². The number of ether oxygens (including phenoxy) is 1. The van der Waals surface area contributed by atoms with Crippen molar-refractivity contribution in [2.75, 3.05) is 48.7 Å². The molecule has 1 amide bonds. The minimum Gasteiger partial charge on any atom is -0.497 e. The summed E-state index contributed by atoms with van der Waals surface area (Å²) in [7, 11) is -1.74. The topological polar surface area (TPSA) is 79.0 Å². The lowest BCUT2D eigenvalue weighted by Crippen LogP contribution is -2.35. The molecule has 2 aromatic carbocycles. The molecule has 3 rings (SSSR count). The van der Waals surface area contributed by atoms with E-state index in [2.05, 4.69) is 9.62 Å². The number of hydrogen-bond donors (Lipinski definition) is 1. The molecule has 1 aliphatic heterocycles. The zero-order valence-corrected chi connectivity index (χ0v) is 18.3. The molecule has 0 unspecified atom stereocenters. The molecule has 1 fully saturated rings. The summed E-state index contributed by atoms with van der Waals surface area (Å²) < 4.78 is 31.8. The van der Waals surface area contributed by atoms with E-state index < -0.39 is 10.0 Å². The number of sulfonamides is 1. The number of amides is 1. The number of methoxy groups -OCH3 is 1. The highest BCUT2D eigenvalue weighted by molar-refractivity contribution is 7.92. The van der Waals surface area contributed by atoms with E-state index in [1.165, 1.54) is 0 Å². The number of hydrogen-bond acceptors (Lipinski definition) is 5. The number of nitrogens with zero attached hydrogens (tertiary/aromatic N) is 2. The van der Waals surface area contributed by atoms with Crippen molar-refractivity contribution in [1.29, 1.82) is 0 Å². The van der Waals surface area contributed by atoms with Crippen LogP contribution in [-0.4, -0.2) is 58.3 Å². The molecule has 0 atom stereocenters. The molecule has 1 heterocycles. The molecule has 1 aliphatic rings. The van der Waals surface area contributed by atoms with Crippen LogP contribution in [0.25, 0.3) is 0 Å². The number of carbonyl (C=O) groups is 1. The Kier molecular flexibility index (Phi) is 7.20. The average molecular weight is 432 g/mol. The lowest BCUT2D eigenvalue weighted by Gasteiger charge is -2.24. The number of nitrogens with one attached hydrogen (secondary N) is 1. The van der Waals surface area contributed by atoms with Crippen molar-refractivity contribution < 1.29 is 17.9 Å². The van der Waals surface area contributed by atoms with Gasteiger partial charge in [0.1, 0.15) is 5.75 Å². The number of carbonyl (C=O) groups excluding carboxylic acids is 1. The van der Waals surface area contributed by atoms with E-state index in [0.717, 1.165) is 30.9 Å². The summed E-state index contributed by atoms with van der Waals surface area (Å²) in [4.78, 5) is 17.1. The summed E-state index contributed by atoms with van der Waals surface area (Å²) in [6.45, 7) is 4.69. The van der Waals surface area contributed by atoms with Crippen LogP contribution in [0.3, 0.4) is 0 Å². The Morgan fingerprint density at radius 2 is 1.83 bits per heavy atom. The van der Waals surface area contributed by atoms with Gasteiger partial charge in [0.25, 0.3) is 5.91 Å². The van der Waals surface area contributed by atoms with Gasteiger partial charge in [-0.1, -0.05) is 13.0 Å². The highest BCUT2D eigenvalue weighted by Crippen LogP contribution is 2.21. The summed E-state index contributed by atoms with van der Waals surface area (Å²) >= 11 is 0. The van der Waals surface area contributed by atoms with Crippen LogP contribution in [0.4, 0.5) is 11.4 Å². The van der Waals surface area contributed by atoms with Gasteiger partial charge in [0, 0.05) is 43.1 Å². The second-order valence-corrected chi connectivity index (χ2v) is 9.17. The fourth-order valence-corrected chi connectivity index (χ4v) is 4.69. The Balaban J connectivity index is 1.66. The van der Waals surface area contributed by atoms with E-state index in [1.54, 1.807) is 31.4 Å². The maximum absolute atomic E-state index is 13.0. The molecular formula is C22H29N3O4S. The molecule has 0 aromatic heterocycles. The van der Waals surface area contributed by atoms with Crippen molar-refractivity contribution in [1.82, 2.24) is 4.90 Å². The SMILES string of the molecule is CCCS(=O)(=O)Nc1cccc(C(=O)N2CCCN(c3ccc(OC)cc3)CC2)c1. The van der Waals surface area contributed by atoms with Crippen molar-refractivity contribution in [2.24, 2.45) is 0 Å². The Hall–Kier alpha value is -2.74. The van der Waals surface area contributed by atoms with Crippen LogP contribution in [0.5, 0.6) is 5.75 Å². The van der Waals surface area contributed by atoms with Gasteiger partial charge in [-0.3, -0.25) is 9.52 Å². The predicted molar refractivity (Wildman–Crippen MR) is 120 cm³/mol. The molecule has 0 bridgehead atoms. The average Bonchev–Trinajstić information content (AvgIpc) is 2.99. The summed E-state index contributed by atoms with van der Waals surface area (Å²) in [5.41, 5.74) is 2.02. The molecule has 0 saturated carbocycles. The number of rotatable bonds is 7. The van der Waals surface area contributed by atoms with Crippen molar-refractivity contribution >= 4 is 27.3 Å². The fourth-order valence-electron chi connectivity index (χ4n) is 3.57. The zero-order valence-electron chi connectivity index (χ0n) is 17.5. The second-order valence-electron chi connectivity index (χ2n) is 7.33. The van der Waals surface area contributed by atoms with Crippen LogP contribution in [0.15, 0.2) is 48.5 Å². The van der Waals surface area contributed by atoms with E-state index in [4.69, 9.17) is 4.74 Å². The maximum Gasteiger partial charge on any atom is 0.253 e. The van der Waals surface area contributed by atoms with Gasteiger partial charge in [0.2, 0.25) is 10.0 Å². The minimum absolute atomic E-state index is 0.0541. The number of anilines is 2. The normalized spacial score (nSPS) is 14.9. The van der Waals surface area contributed by atoms with Crippen molar-refractivity contribution in [3.8, 4) is 5.75 Å². The third kappa shape index (κ3) is 5.66. The summed E-state index contributed by atoms with van der Waals surface area (Å²) in [5.74, 6) is 0.793. The van der Waals surface area contributed by atoms with Gasteiger partial charge in [-0.25, -0.2) is 8.42 Å². The second kappa shape index (κ2) is 9.84. The first-order chi connectivity index (χ1) is 14.4. The lowest BCUT2D eigenvalue weighted by molar-refractivity contribution is 0.0767. The lowest BCUT2D eigenvalue weighted by atomic mass is 10.1.